The highest BCUT2D eigenvalue weighted by Crippen LogP contribution is 2.37. The number of hydrogen-bond acceptors (Lipinski definition) is 3. The number of carbonyl (C=O) groups excluding carboxylic acids is 1. The Morgan fingerprint density at radius 2 is 1.96 bits per heavy atom. The Kier molecular flexibility index (Phi) is 4.55. The second-order valence-corrected chi connectivity index (χ2v) is 6.59. The number of ether oxygens (including phenoxy) is 1. The van der Waals surface area contributed by atoms with Crippen molar-refractivity contribution in [2.24, 2.45) is 5.41 Å². The first-order valence-corrected chi connectivity index (χ1v) is 8.35. The van der Waals surface area contributed by atoms with Crippen LogP contribution in [-0.2, 0) is 9.59 Å². The van der Waals surface area contributed by atoms with Gasteiger partial charge in [0.1, 0.15) is 5.75 Å². The molecule has 1 fully saturated rings. The van der Waals surface area contributed by atoms with Crippen LogP contribution in [0.5, 0.6) is 5.75 Å². The molecule has 2 N–H and O–H groups in total. The average Bonchev–Trinajstić information content (AvgIpc) is 2.60. The van der Waals surface area contributed by atoms with Gasteiger partial charge in [-0.25, -0.2) is 0 Å². The predicted molar refractivity (Wildman–Crippen MR) is 85.5 cm³/mol. The zero-order chi connectivity index (χ0) is 16.3. The Balaban J connectivity index is 1.69. The maximum atomic E-state index is 12.6. The van der Waals surface area contributed by atoms with Gasteiger partial charge in [-0.2, -0.15) is 0 Å². The summed E-state index contributed by atoms with van der Waals surface area (Å²) in [6.45, 7) is 0.736. The number of carbonyl (C=O) groups is 2. The Hall–Kier alpha value is -2.04. The first-order chi connectivity index (χ1) is 11.1. The van der Waals surface area contributed by atoms with Crippen LogP contribution in [0.25, 0.3) is 0 Å². The first kappa shape index (κ1) is 15.8. The number of rotatable bonds is 4. The normalized spacial score (nSPS) is 22.5. The van der Waals surface area contributed by atoms with E-state index in [1.54, 1.807) is 0 Å². The van der Waals surface area contributed by atoms with Gasteiger partial charge >= 0.3 is 5.97 Å². The molecule has 1 heterocycles. The van der Waals surface area contributed by atoms with Crippen molar-refractivity contribution in [2.45, 2.75) is 44.4 Å². The molecule has 3 rings (SSSR count). The molecule has 1 aromatic rings. The highest BCUT2D eigenvalue weighted by molar-refractivity contribution is 5.85. The minimum Gasteiger partial charge on any atom is -0.493 e. The fraction of sp³-hybridized carbons (Fsp3) is 0.556. The van der Waals surface area contributed by atoms with E-state index in [2.05, 4.69) is 5.32 Å². The van der Waals surface area contributed by atoms with Crippen LogP contribution in [-0.4, -0.2) is 30.1 Å². The number of hydrogen-bond donors (Lipinski definition) is 2. The van der Waals surface area contributed by atoms with Crippen molar-refractivity contribution in [1.82, 2.24) is 5.32 Å². The lowest BCUT2D eigenvalue weighted by Crippen LogP contribution is -2.45. The molecule has 0 spiro atoms. The zero-order valence-corrected chi connectivity index (χ0v) is 13.2. The SMILES string of the molecule is O=C(NCC1(C(=O)O)CCCCC1)C1CCOc2ccccc21. The van der Waals surface area contributed by atoms with Crippen LogP contribution in [0.15, 0.2) is 24.3 Å². The van der Waals surface area contributed by atoms with Gasteiger partial charge in [-0.15, -0.1) is 0 Å². The molecule has 124 valence electrons. The summed E-state index contributed by atoms with van der Waals surface area (Å²) in [7, 11) is 0. The fourth-order valence-electron chi connectivity index (χ4n) is 3.69. The summed E-state index contributed by atoms with van der Waals surface area (Å²) in [6.07, 6.45) is 4.84. The number of carboxylic acids is 1. The van der Waals surface area contributed by atoms with Gasteiger partial charge in [0, 0.05) is 12.1 Å². The molecule has 1 saturated carbocycles. The lowest BCUT2D eigenvalue weighted by molar-refractivity contribution is -0.151. The van der Waals surface area contributed by atoms with E-state index < -0.39 is 11.4 Å². The summed E-state index contributed by atoms with van der Waals surface area (Å²) in [6, 6.07) is 7.56. The van der Waals surface area contributed by atoms with Gasteiger partial charge in [0.25, 0.3) is 0 Å². The number of aliphatic carboxylic acids is 1. The van der Waals surface area contributed by atoms with Gasteiger partial charge in [0.2, 0.25) is 5.91 Å². The first-order valence-electron chi connectivity index (χ1n) is 8.35. The summed E-state index contributed by atoms with van der Waals surface area (Å²) in [5, 5.41) is 12.5. The molecule has 5 nitrogen and oxygen atoms in total. The predicted octanol–water partition coefficient (Wildman–Crippen LogP) is 2.70. The van der Waals surface area contributed by atoms with Gasteiger partial charge in [-0.3, -0.25) is 9.59 Å². The third kappa shape index (κ3) is 3.19. The Bertz CT molecular complexity index is 592. The van der Waals surface area contributed by atoms with Crippen molar-refractivity contribution in [3.63, 3.8) is 0 Å². The van der Waals surface area contributed by atoms with Crippen LogP contribution in [0.3, 0.4) is 0 Å². The molecule has 0 radical (unpaired) electrons. The minimum atomic E-state index is -0.793. The number of para-hydroxylation sites is 1. The van der Waals surface area contributed by atoms with Crippen molar-refractivity contribution >= 4 is 11.9 Å². The van der Waals surface area contributed by atoms with Gasteiger partial charge in [-0.05, 0) is 25.3 Å². The van der Waals surface area contributed by atoms with Gasteiger partial charge in [0.05, 0.1) is 17.9 Å². The lowest BCUT2D eigenvalue weighted by Gasteiger charge is -2.34. The molecule has 1 atom stereocenters. The smallest absolute Gasteiger partial charge is 0.311 e. The molecular formula is C18H23NO4. The van der Waals surface area contributed by atoms with Crippen LogP contribution in [0.2, 0.25) is 0 Å². The Morgan fingerprint density at radius 3 is 2.70 bits per heavy atom. The van der Waals surface area contributed by atoms with Crippen molar-refractivity contribution in [2.75, 3.05) is 13.2 Å². The van der Waals surface area contributed by atoms with E-state index in [1.165, 1.54) is 0 Å². The average molecular weight is 317 g/mol. The van der Waals surface area contributed by atoms with Crippen LogP contribution in [0, 0.1) is 5.41 Å². The molecule has 0 aromatic heterocycles. The van der Waals surface area contributed by atoms with Crippen molar-refractivity contribution in [3.8, 4) is 5.75 Å². The molecular weight excluding hydrogens is 294 g/mol. The molecule has 1 amide bonds. The van der Waals surface area contributed by atoms with Gasteiger partial charge in [-0.1, -0.05) is 37.5 Å². The summed E-state index contributed by atoms with van der Waals surface area (Å²) >= 11 is 0. The third-order valence-electron chi connectivity index (χ3n) is 5.14. The van der Waals surface area contributed by atoms with E-state index in [0.717, 1.165) is 30.6 Å². The van der Waals surface area contributed by atoms with E-state index in [9.17, 15) is 14.7 Å². The van der Waals surface area contributed by atoms with E-state index in [1.807, 2.05) is 24.3 Å². The highest BCUT2D eigenvalue weighted by Gasteiger charge is 2.40. The number of fused-ring (bicyclic) bond motifs is 1. The number of nitrogens with one attached hydrogen (secondary N) is 1. The molecule has 2 aliphatic rings. The van der Waals surface area contributed by atoms with Crippen LogP contribution in [0.4, 0.5) is 0 Å². The molecule has 1 unspecified atom stereocenters. The molecule has 1 aliphatic heterocycles. The van der Waals surface area contributed by atoms with Crippen LogP contribution >= 0.6 is 0 Å². The van der Waals surface area contributed by atoms with Crippen molar-refractivity contribution < 1.29 is 19.4 Å². The standard InChI is InChI=1S/C18H23NO4/c20-16(14-8-11-23-15-7-3-2-6-13(14)15)19-12-18(17(21)22)9-4-1-5-10-18/h2-3,6-7,14H,1,4-5,8-12H2,(H,19,20)(H,21,22). The van der Waals surface area contributed by atoms with Gasteiger partial charge < -0.3 is 15.2 Å². The van der Waals surface area contributed by atoms with Crippen molar-refractivity contribution in [3.05, 3.63) is 29.8 Å². The third-order valence-corrected chi connectivity index (χ3v) is 5.14. The van der Waals surface area contributed by atoms with E-state index in [4.69, 9.17) is 4.74 Å². The number of carboxylic acid groups (broad SMARTS) is 1. The Morgan fingerprint density at radius 1 is 1.22 bits per heavy atom. The maximum Gasteiger partial charge on any atom is 0.311 e. The number of amides is 1. The van der Waals surface area contributed by atoms with Crippen LogP contribution in [0.1, 0.15) is 50.0 Å². The van der Waals surface area contributed by atoms with Crippen LogP contribution < -0.4 is 10.1 Å². The molecule has 23 heavy (non-hydrogen) atoms. The fourth-order valence-corrected chi connectivity index (χ4v) is 3.69. The minimum absolute atomic E-state index is 0.0908. The second-order valence-electron chi connectivity index (χ2n) is 6.59. The highest BCUT2D eigenvalue weighted by atomic mass is 16.5. The van der Waals surface area contributed by atoms with Crippen molar-refractivity contribution in [1.29, 1.82) is 0 Å². The molecule has 1 aromatic carbocycles. The largest absolute Gasteiger partial charge is 0.493 e. The number of benzene rings is 1. The summed E-state index contributed by atoms with van der Waals surface area (Å²) < 4.78 is 5.58. The second kappa shape index (κ2) is 6.60. The molecule has 5 heteroatoms. The zero-order valence-electron chi connectivity index (χ0n) is 13.2. The Labute approximate surface area is 136 Å². The monoisotopic (exact) mass is 317 g/mol. The quantitative estimate of drug-likeness (QED) is 0.895. The maximum absolute atomic E-state index is 12.6. The summed E-state index contributed by atoms with van der Waals surface area (Å²) in [4.78, 5) is 24.3. The molecule has 0 saturated heterocycles. The summed E-state index contributed by atoms with van der Waals surface area (Å²) in [5.41, 5.74) is 0.0998. The van der Waals surface area contributed by atoms with E-state index in [0.29, 0.717) is 25.9 Å². The van der Waals surface area contributed by atoms with E-state index >= 15 is 0 Å². The molecule has 1 aliphatic carbocycles. The lowest BCUT2D eigenvalue weighted by atomic mass is 9.74. The topological polar surface area (TPSA) is 75.6 Å². The van der Waals surface area contributed by atoms with Gasteiger partial charge in [0.15, 0.2) is 0 Å². The summed E-state index contributed by atoms with van der Waals surface area (Å²) in [5.74, 6) is -0.379. The van der Waals surface area contributed by atoms with E-state index in [-0.39, 0.29) is 18.4 Å². The molecule has 0 bridgehead atoms.